The third-order valence-electron chi connectivity index (χ3n) is 5.69. The second-order valence-electron chi connectivity index (χ2n) is 9.08. The summed E-state index contributed by atoms with van der Waals surface area (Å²) in [5.74, 6) is 1.39. The zero-order chi connectivity index (χ0) is 20.3. The summed E-state index contributed by atoms with van der Waals surface area (Å²) in [7, 11) is 4.43. The first kappa shape index (κ1) is 20.8. The lowest BCUT2D eigenvalue weighted by molar-refractivity contribution is 0.252. The fraction of sp³-hybridized carbons (Fsp3) is 0.636. The third-order valence-corrected chi connectivity index (χ3v) is 5.69. The van der Waals surface area contributed by atoms with Crippen LogP contribution in [0.25, 0.3) is 0 Å². The number of aromatic nitrogens is 2. The van der Waals surface area contributed by atoms with E-state index in [0.717, 1.165) is 12.4 Å². The minimum Gasteiger partial charge on any atom is -0.371 e. The molecule has 6 nitrogen and oxygen atoms in total. The van der Waals surface area contributed by atoms with Crippen molar-refractivity contribution < 1.29 is 4.52 Å². The molecule has 1 saturated heterocycles. The molecule has 1 atom stereocenters. The highest BCUT2D eigenvalue weighted by Gasteiger charge is 2.24. The highest BCUT2D eigenvalue weighted by atomic mass is 16.5. The number of anilines is 1. The molecule has 1 unspecified atom stereocenters. The van der Waals surface area contributed by atoms with E-state index in [1.165, 1.54) is 37.2 Å². The van der Waals surface area contributed by atoms with Gasteiger partial charge in [0.15, 0.2) is 5.82 Å². The normalized spacial score (nSPS) is 17.6. The maximum absolute atomic E-state index is 5.49. The molecule has 2 aromatic rings. The number of likely N-dealkylation sites (tertiary alicyclic amines) is 1. The van der Waals surface area contributed by atoms with Crippen LogP contribution in [0.3, 0.4) is 0 Å². The van der Waals surface area contributed by atoms with E-state index in [1.54, 1.807) is 0 Å². The molecule has 1 aromatic heterocycles. The Balaban J connectivity index is 1.65. The Kier molecular flexibility index (Phi) is 6.40. The maximum Gasteiger partial charge on any atom is 0.243 e. The highest BCUT2D eigenvalue weighted by Crippen LogP contribution is 2.26. The van der Waals surface area contributed by atoms with Crippen LogP contribution in [-0.2, 0) is 12.0 Å². The van der Waals surface area contributed by atoms with Gasteiger partial charge in [0.25, 0.3) is 0 Å². The average molecular weight is 386 g/mol. The molecular formula is C22H35N5O. The van der Waals surface area contributed by atoms with Gasteiger partial charge in [-0.2, -0.15) is 4.98 Å². The third kappa shape index (κ3) is 4.92. The Morgan fingerprint density at radius 2 is 1.93 bits per heavy atom. The number of hydrogen-bond acceptors (Lipinski definition) is 6. The molecule has 1 aromatic carbocycles. The number of piperidine rings is 1. The van der Waals surface area contributed by atoms with Crippen molar-refractivity contribution in [3.63, 3.8) is 0 Å². The fourth-order valence-electron chi connectivity index (χ4n) is 3.65. The minimum absolute atomic E-state index is 0.00490. The molecule has 28 heavy (non-hydrogen) atoms. The second kappa shape index (κ2) is 8.62. The summed E-state index contributed by atoms with van der Waals surface area (Å²) in [5.41, 5.74) is 2.49. The molecule has 0 bridgehead atoms. The molecule has 0 radical (unpaired) electrons. The van der Waals surface area contributed by atoms with Crippen molar-refractivity contribution in [1.82, 2.24) is 20.4 Å². The van der Waals surface area contributed by atoms with Gasteiger partial charge in [0.2, 0.25) is 5.89 Å². The Labute approximate surface area is 169 Å². The van der Waals surface area contributed by atoms with Crippen LogP contribution in [-0.4, -0.2) is 48.3 Å². The molecule has 2 heterocycles. The van der Waals surface area contributed by atoms with E-state index in [0.29, 0.717) is 11.9 Å². The summed E-state index contributed by atoms with van der Waals surface area (Å²) in [6.07, 6.45) is 2.42. The summed E-state index contributed by atoms with van der Waals surface area (Å²) in [4.78, 5) is 9.45. The summed E-state index contributed by atoms with van der Waals surface area (Å²) in [6, 6.07) is 9.27. The van der Waals surface area contributed by atoms with Crippen LogP contribution in [0.5, 0.6) is 0 Å². The van der Waals surface area contributed by atoms with E-state index in [4.69, 9.17) is 4.52 Å². The van der Waals surface area contributed by atoms with Gasteiger partial charge in [-0.1, -0.05) is 44.1 Å². The number of nitrogens with zero attached hydrogens (tertiary/aromatic N) is 4. The molecule has 0 spiro atoms. The molecular weight excluding hydrogens is 350 g/mol. The van der Waals surface area contributed by atoms with Crippen molar-refractivity contribution in [2.24, 2.45) is 0 Å². The molecule has 154 valence electrons. The van der Waals surface area contributed by atoms with Crippen LogP contribution in [0.1, 0.15) is 63.9 Å². The van der Waals surface area contributed by atoms with Crippen LogP contribution in [0, 0.1) is 0 Å². The first-order chi connectivity index (χ1) is 13.3. The van der Waals surface area contributed by atoms with Gasteiger partial charge in [0, 0.05) is 30.7 Å². The summed E-state index contributed by atoms with van der Waals surface area (Å²) >= 11 is 0. The van der Waals surface area contributed by atoms with Gasteiger partial charge in [0.1, 0.15) is 0 Å². The highest BCUT2D eigenvalue weighted by molar-refractivity contribution is 5.54. The number of hydrogen-bond donors (Lipinski definition) is 1. The number of para-hydroxylation sites is 1. The van der Waals surface area contributed by atoms with Gasteiger partial charge in [-0.15, -0.1) is 0 Å². The molecule has 0 aliphatic carbocycles. The quantitative estimate of drug-likeness (QED) is 0.817. The fourth-order valence-corrected chi connectivity index (χ4v) is 3.65. The summed E-state index contributed by atoms with van der Waals surface area (Å²) in [6.45, 7) is 11.4. The summed E-state index contributed by atoms with van der Waals surface area (Å²) < 4.78 is 5.49. The van der Waals surface area contributed by atoms with Gasteiger partial charge < -0.3 is 19.6 Å². The van der Waals surface area contributed by atoms with Crippen molar-refractivity contribution in [1.29, 1.82) is 0 Å². The van der Waals surface area contributed by atoms with E-state index in [-0.39, 0.29) is 11.5 Å². The van der Waals surface area contributed by atoms with Crippen LogP contribution < -0.4 is 10.2 Å². The molecule has 6 heteroatoms. The van der Waals surface area contributed by atoms with Gasteiger partial charge >= 0.3 is 0 Å². The molecule has 1 N–H and O–H groups in total. The first-order valence-electron chi connectivity index (χ1n) is 10.3. The monoisotopic (exact) mass is 385 g/mol. The largest absolute Gasteiger partial charge is 0.371 e. The van der Waals surface area contributed by atoms with Gasteiger partial charge in [-0.25, -0.2) is 0 Å². The molecule has 1 fully saturated rings. The van der Waals surface area contributed by atoms with E-state index in [2.05, 4.69) is 91.3 Å². The predicted octanol–water partition coefficient (Wildman–Crippen LogP) is 3.75. The Morgan fingerprint density at radius 3 is 2.57 bits per heavy atom. The van der Waals surface area contributed by atoms with E-state index in [1.807, 2.05) is 0 Å². The van der Waals surface area contributed by atoms with E-state index < -0.39 is 0 Å². The van der Waals surface area contributed by atoms with Crippen molar-refractivity contribution in [3.05, 3.63) is 41.5 Å². The van der Waals surface area contributed by atoms with Crippen molar-refractivity contribution >= 4 is 5.69 Å². The number of benzene rings is 1. The zero-order valence-corrected chi connectivity index (χ0v) is 18.2. The minimum atomic E-state index is -0.106. The topological polar surface area (TPSA) is 57.4 Å². The summed E-state index contributed by atoms with van der Waals surface area (Å²) in [5, 5.41) is 7.69. The molecule has 0 saturated carbocycles. The Hall–Kier alpha value is -1.92. The SMILES string of the molecule is CC(NCc1ccccc1N(C)C1CCN(C)CC1)c1nc(C(C)(C)C)no1. The van der Waals surface area contributed by atoms with Crippen LogP contribution in [0.15, 0.2) is 28.8 Å². The Bertz CT molecular complexity index is 758. The molecule has 1 aliphatic heterocycles. The Morgan fingerprint density at radius 1 is 1.25 bits per heavy atom. The first-order valence-corrected chi connectivity index (χ1v) is 10.3. The van der Waals surface area contributed by atoms with Gasteiger partial charge in [-0.05, 0) is 51.5 Å². The maximum atomic E-state index is 5.49. The lowest BCUT2D eigenvalue weighted by atomic mass is 9.96. The average Bonchev–Trinajstić information content (AvgIpc) is 3.17. The number of nitrogens with one attached hydrogen (secondary N) is 1. The zero-order valence-electron chi connectivity index (χ0n) is 18.2. The van der Waals surface area contributed by atoms with Crippen molar-refractivity contribution in [3.8, 4) is 0 Å². The second-order valence-corrected chi connectivity index (χ2v) is 9.08. The predicted molar refractivity (Wildman–Crippen MR) is 114 cm³/mol. The molecule has 3 rings (SSSR count). The number of rotatable bonds is 6. The van der Waals surface area contributed by atoms with Crippen LogP contribution >= 0.6 is 0 Å². The van der Waals surface area contributed by atoms with Gasteiger partial charge in [-0.3, -0.25) is 0 Å². The van der Waals surface area contributed by atoms with Gasteiger partial charge in [0.05, 0.1) is 6.04 Å². The van der Waals surface area contributed by atoms with E-state index in [9.17, 15) is 0 Å². The lowest BCUT2D eigenvalue weighted by Gasteiger charge is -2.37. The molecule has 0 amide bonds. The molecule has 1 aliphatic rings. The lowest BCUT2D eigenvalue weighted by Crippen LogP contribution is -2.42. The van der Waals surface area contributed by atoms with E-state index >= 15 is 0 Å². The van der Waals surface area contributed by atoms with Crippen LogP contribution in [0.4, 0.5) is 5.69 Å². The van der Waals surface area contributed by atoms with Crippen molar-refractivity contribution in [2.75, 3.05) is 32.1 Å². The smallest absolute Gasteiger partial charge is 0.243 e. The van der Waals surface area contributed by atoms with Crippen LogP contribution in [0.2, 0.25) is 0 Å². The standard InChI is InChI=1S/C22H35N5O/c1-16(20-24-21(25-28-20)22(2,3)4)23-15-17-9-7-8-10-19(17)27(6)18-11-13-26(5)14-12-18/h7-10,16,18,23H,11-15H2,1-6H3. The van der Waals surface area contributed by atoms with Crippen molar-refractivity contribution in [2.45, 2.75) is 64.6 Å².